The number of hydrogen-bond acceptors (Lipinski definition) is 6. The van der Waals surface area contributed by atoms with E-state index < -0.39 is 0 Å². The summed E-state index contributed by atoms with van der Waals surface area (Å²) in [4.78, 5) is 4.55. The van der Waals surface area contributed by atoms with Gasteiger partial charge in [0.25, 0.3) is 0 Å². The summed E-state index contributed by atoms with van der Waals surface area (Å²) >= 11 is 3.96. The normalized spacial score (nSPS) is 25.7. The van der Waals surface area contributed by atoms with E-state index in [0.29, 0.717) is 22.3 Å². The number of hydrogen-bond donors (Lipinski definition) is 1. The third-order valence-corrected chi connectivity index (χ3v) is 6.45. The number of thioether (sulfide) groups is 2. The van der Waals surface area contributed by atoms with Crippen molar-refractivity contribution in [1.82, 2.24) is 10.1 Å². The first-order valence-corrected chi connectivity index (χ1v) is 9.03. The molecule has 2 N–H and O–H groups in total. The van der Waals surface area contributed by atoms with Crippen LogP contribution in [0.5, 0.6) is 0 Å². The van der Waals surface area contributed by atoms with Crippen molar-refractivity contribution in [3.8, 4) is 0 Å². The Kier molecular flexibility index (Phi) is 5.59. The molecule has 108 valence electrons. The molecule has 1 fully saturated rings. The molecule has 0 aliphatic carbocycles. The summed E-state index contributed by atoms with van der Waals surface area (Å²) in [6.45, 7) is 6.53. The Morgan fingerprint density at radius 3 is 2.79 bits per heavy atom. The molecular weight excluding hydrogens is 278 g/mol. The van der Waals surface area contributed by atoms with E-state index in [1.165, 1.54) is 5.75 Å². The molecular formula is C13H23N3OS2. The highest BCUT2D eigenvalue weighted by molar-refractivity contribution is 8.06. The van der Waals surface area contributed by atoms with E-state index in [-0.39, 0.29) is 6.04 Å². The van der Waals surface area contributed by atoms with Crippen LogP contribution in [0.4, 0.5) is 0 Å². The van der Waals surface area contributed by atoms with Crippen LogP contribution >= 0.6 is 23.5 Å². The Labute approximate surface area is 123 Å². The summed E-state index contributed by atoms with van der Waals surface area (Å²) in [6, 6.07) is -0.137. The maximum Gasteiger partial charge on any atom is 0.243 e. The molecule has 0 bridgehead atoms. The van der Waals surface area contributed by atoms with Crippen LogP contribution in [-0.4, -0.2) is 26.9 Å². The monoisotopic (exact) mass is 301 g/mol. The topological polar surface area (TPSA) is 64.9 Å². The lowest BCUT2D eigenvalue weighted by atomic mass is 10.0. The Morgan fingerprint density at radius 1 is 1.37 bits per heavy atom. The molecule has 0 aromatic carbocycles. The lowest BCUT2D eigenvalue weighted by Crippen LogP contribution is -2.19. The minimum atomic E-state index is -0.137. The SMILES string of the molecule is CCC1SCCSC1c1noc([C@@H](N)CC(C)C)n1. The van der Waals surface area contributed by atoms with E-state index >= 15 is 0 Å². The van der Waals surface area contributed by atoms with E-state index in [1.54, 1.807) is 0 Å². The Balaban J connectivity index is 2.07. The van der Waals surface area contributed by atoms with E-state index in [0.717, 1.165) is 24.4 Å². The fourth-order valence-corrected chi connectivity index (χ4v) is 5.25. The fraction of sp³-hybridized carbons (Fsp3) is 0.846. The minimum Gasteiger partial charge on any atom is -0.338 e. The van der Waals surface area contributed by atoms with Gasteiger partial charge in [-0.3, -0.25) is 0 Å². The molecule has 2 rings (SSSR count). The summed E-state index contributed by atoms with van der Waals surface area (Å²) < 4.78 is 5.36. The van der Waals surface area contributed by atoms with E-state index in [2.05, 4.69) is 30.9 Å². The van der Waals surface area contributed by atoms with Crippen LogP contribution in [0.25, 0.3) is 0 Å². The predicted octanol–water partition coefficient (Wildman–Crippen LogP) is 3.42. The molecule has 6 heteroatoms. The van der Waals surface area contributed by atoms with Crippen LogP contribution in [0.2, 0.25) is 0 Å². The van der Waals surface area contributed by atoms with Crippen molar-refractivity contribution in [2.24, 2.45) is 11.7 Å². The molecule has 4 nitrogen and oxygen atoms in total. The van der Waals surface area contributed by atoms with Gasteiger partial charge in [0, 0.05) is 16.8 Å². The van der Waals surface area contributed by atoms with E-state index in [1.807, 2.05) is 23.5 Å². The Bertz CT molecular complexity index is 397. The molecule has 0 saturated carbocycles. The maximum atomic E-state index is 6.10. The van der Waals surface area contributed by atoms with E-state index in [4.69, 9.17) is 10.3 Å². The highest BCUT2D eigenvalue weighted by Gasteiger charge is 2.31. The standard InChI is InChI=1S/C13H23N3OS2/c1-4-10-11(19-6-5-18-10)12-15-13(17-16-12)9(14)7-8(2)3/h8-11H,4-7,14H2,1-3H3/t9-,10?,11?/m0/s1. The summed E-state index contributed by atoms with van der Waals surface area (Å²) in [6.07, 6.45) is 2.02. The summed E-state index contributed by atoms with van der Waals surface area (Å²) in [5, 5.41) is 5.11. The second-order valence-electron chi connectivity index (χ2n) is 5.34. The van der Waals surface area contributed by atoms with Gasteiger partial charge in [-0.1, -0.05) is 25.9 Å². The van der Waals surface area contributed by atoms with Crippen molar-refractivity contribution in [2.75, 3.05) is 11.5 Å². The smallest absolute Gasteiger partial charge is 0.243 e. The van der Waals surface area contributed by atoms with Crippen molar-refractivity contribution in [1.29, 1.82) is 0 Å². The second kappa shape index (κ2) is 6.99. The molecule has 0 spiro atoms. The highest BCUT2D eigenvalue weighted by Crippen LogP contribution is 2.43. The molecule has 0 amide bonds. The molecule has 1 saturated heterocycles. The van der Waals surface area contributed by atoms with Crippen molar-refractivity contribution in [3.63, 3.8) is 0 Å². The molecule has 3 atom stereocenters. The van der Waals surface area contributed by atoms with Gasteiger partial charge in [0.1, 0.15) is 0 Å². The average molecular weight is 301 g/mol. The van der Waals surface area contributed by atoms with Gasteiger partial charge in [0.2, 0.25) is 5.89 Å². The zero-order chi connectivity index (χ0) is 13.8. The number of rotatable bonds is 5. The van der Waals surface area contributed by atoms with Gasteiger partial charge < -0.3 is 10.3 Å². The van der Waals surface area contributed by atoms with Crippen LogP contribution in [-0.2, 0) is 0 Å². The number of nitrogens with two attached hydrogens (primary N) is 1. The first-order valence-electron chi connectivity index (χ1n) is 6.94. The van der Waals surface area contributed by atoms with Crippen molar-refractivity contribution < 1.29 is 4.52 Å². The van der Waals surface area contributed by atoms with Crippen LogP contribution < -0.4 is 5.73 Å². The van der Waals surface area contributed by atoms with E-state index in [9.17, 15) is 0 Å². The molecule has 1 aliphatic rings. The maximum absolute atomic E-state index is 6.10. The lowest BCUT2D eigenvalue weighted by molar-refractivity contribution is 0.332. The molecule has 1 aromatic rings. The van der Waals surface area contributed by atoms with Gasteiger partial charge in [-0.2, -0.15) is 16.7 Å². The molecule has 2 heterocycles. The summed E-state index contributed by atoms with van der Waals surface area (Å²) in [7, 11) is 0. The van der Waals surface area contributed by atoms with Gasteiger partial charge in [-0.05, 0) is 18.8 Å². The van der Waals surface area contributed by atoms with Crippen LogP contribution in [0.15, 0.2) is 4.52 Å². The van der Waals surface area contributed by atoms with Gasteiger partial charge in [0.15, 0.2) is 5.82 Å². The number of nitrogens with zero attached hydrogens (tertiary/aromatic N) is 2. The first-order chi connectivity index (χ1) is 9.11. The van der Waals surface area contributed by atoms with Crippen molar-refractivity contribution >= 4 is 23.5 Å². The lowest BCUT2D eigenvalue weighted by Gasteiger charge is -2.27. The molecule has 1 aromatic heterocycles. The largest absolute Gasteiger partial charge is 0.338 e. The number of aromatic nitrogens is 2. The fourth-order valence-electron chi connectivity index (χ4n) is 2.26. The Morgan fingerprint density at radius 2 is 2.11 bits per heavy atom. The van der Waals surface area contributed by atoms with Crippen molar-refractivity contribution in [3.05, 3.63) is 11.7 Å². The van der Waals surface area contributed by atoms with Crippen molar-refractivity contribution in [2.45, 2.75) is 50.2 Å². The average Bonchev–Trinajstić information content (AvgIpc) is 2.87. The quantitative estimate of drug-likeness (QED) is 0.899. The Hall–Kier alpha value is -0.200. The second-order valence-corrected chi connectivity index (χ2v) is 7.93. The molecule has 0 radical (unpaired) electrons. The first kappa shape index (κ1) is 15.2. The van der Waals surface area contributed by atoms with Gasteiger partial charge in [0.05, 0.1) is 11.3 Å². The predicted molar refractivity (Wildman–Crippen MR) is 82.4 cm³/mol. The summed E-state index contributed by atoms with van der Waals surface area (Å²) in [5.41, 5.74) is 6.10. The highest BCUT2D eigenvalue weighted by atomic mass is 32.2. The zero-order valence-corrected chi connectivity index (χ0v) is 13.5. The third-order valence-electron chi connectivity index (χ3n) is 3.21. The summed E-state index contributed by atoms with van der Waals surface area (Å²) in [5.74, 6) is 4.34. The molecule has 2 unspecified atom stereocenters. The third kappa shape index (κ3) is 3.89. The van der Waals surface area contributed by atoms with Crippen LogP contribution in [0.3, 0.4) is 0 Å². The van der Waals surface area contributed by atoms with Gasteiger partial charge >= 0.3 is 0 Å². The molecule has 19 heavy (non-hydrogen) atoms. The van der Waals surface area contributed by atoms with Crippen LogP contribution in [0, 0.1) is 5.92 Å². The van der Waals surface area contributed by atoms with Gasteiger partial charge in [-0.15, -0.1) is 11.8 Å². The zero-order valence-electron chi connectivity index (χ0n) is 11.8. The molecule has 1 aliphatic heterocycles. The van der Waals surface area contributed by atoms with Crippen LogP contribution in [0.1, 0.15) is 56.6 Å². The minimum absolute atomic E-state index is 0.137. The van der Waals surface area contributed by atoms with Gasteiger partial charge in [-0.25, -0.2) is 0 Å².